The lowest BCUT2D eigenvalue weighted by Crippen LogP contribution is -1.86. The molecule has 3 rings (SSSR count). The SMILES string of the molecule is O=[N+]([O-])c1ccc(N=Nc2ncc3ccccc3c2O)c(O)c1. The Morgan fingerprint density at radius 2 is 1.87 bits per heavy atom. The maximum absolute atomic E-state index is 10.6. The third kappa shape index (κ3) is 2.77. The number of nitro groups is 1. The maximum atomic E-state index is 10.6. The zero-order valence-electron chi connectivity index (χ0n) is 11.6. The summed E-state index contributed by atoms with van der Waals surface area (Å²) in [4.78, 5) is 14.0. The number of non-ortho nitro benzene ring substituents is 1. The minimum Gasteiger partial charge on any atom is -0.505 e. The molecule has 114 valence electrons. The number of phenolic OH excluding ortho intramolecular Hbond substituents is 1. The third-order valence-electron chi connectivity index (χ3n) is 3.18. The first-order valence-electron chi connectivity index (χ1n) is 6.52. The molecule has 23 heavy (non-hydrogen) atoms. The van der Waals surface area contributed by atoms with Crippen LogP contribution in [0.3, 0.4) is 0 Å². The van der Waals surface area contributed by atoms with Crippen molar-refractivity contribution in [2.45, 2.75) is 0 Å². The Bertz CT molecular complexity index is 940. The fourth-order valence-electron chi connectivity index (χ4n) is 2.02. The average molecular weight is 310 g/mol. The molecule has 3 aromatic rings. The molecule has 0 spiro atoms. The second-order valence-electron chi connectivity index (χ2n) is 4.65. The highest BCUT2D eigenvalue weighted by molar-refractivity contribution is 5.90. The van der Waals surface area contributed by atoms with E-state index < -0.39 is 4.92 Å². The second-order valence-corrected chi connectivity index (χ2v) is 4.65. The molecule has 0 atom stereocenters. The van der Waals surface area contributed by atoms with Crippen LogP contribution in [0.15, 0.2) is 58.9 Å². The third-order valence-corrected chi connectivity index (χ3v) is 3.18. The Morgan fingerprint density at radius 3 is 2.61 bits per heavy atom. The van der Waals surface area contributed by atoms with Gasteiger partial charge in [0.25, 0.3) is 5.69 Å². The van der Waals surface area contributed by atoms with Crippen molar-refractivity contribution in [3.05, 3.63) is 58.8 Å². The van der Waals surface area contributed by atoms with Gasteiger partial charge in [0, 0.05) is 23.0 Å². The number of fused-ring (bicyclic) bond motifs is 1. The van der Waals surface area contributed by atoms with Gasteiger partial charge in [0.05, 0.1) is 11.0 Å². The topological polar surface area (TPSA) is 121 Å². The first-order chi connectivity index (χ1) is 11.1. The van der Waals surface area contributed by atoms with Gasteiger partial charge >= 0.3 is 0 Å². The first kappa shape index (κ1) is 14.4. The molecule has 2 N–H and O–H groups in total. The predicted molar refractivity (Wildman–Crippen MR) is 82.3 cm³/mol. The molecule has 1 heterocycles. The molecule has 0 saturated heterocycles. The van der Waals surface area contributed by atoms with Crippen molar-refractivity contribution in [3.63, 3.8) is 0 Å². The molecule has 1 aromatic heterocycles. The van der Waals surface area contributed by atoms with Gasteiger partial charge in [-0.25, -0.2) is 4.98 Å². The summed E-state index contributed by atoms with van der Waals surface area (Å²) >= 11 is 0. The van der Waals surface area contributed by atoms with E-state index in [1.807, 2.05) is 6.07 Å². The summed E-state index contributed by atoms with van der Waals surface area (Å²) in [7, 11) is 0. The van der Waals surface area contributed by atoms with Gasteiger partial charge in [-0.1, -0.05) is 24.3 Å². The number of aromatic nitrogens is 1. The van der Waals surface area contributed by atoms with Gasteiger partial charge in [0.2, 0.25) is 5.82 Å². The van der Waals surface area contributed by atoms with Crippen molar-refractivity contribution >= 4 is 28.0 Å². The normalized spacial score (nSPS) is 11.1. The number of nitrogens with zero attached hydrogens (tertiary/aromatic N) is 4. The van der Waals surface area contributed by atoms with Gasteiger partial charge in [-0.3, -0.25) is 10.1 Å². The van der Waals surface area contributed by atoms with E-state index in [0.29, 0.717) is 5.39 Å². The summed E-state index contributed by atoms with van der Waals surface area (Å²) in [5, 5.41) is 39.4. The number of rotatable bonds is 3. The van der Waals surface area contributed by atoms with E-state index in [9.17, 15) is 20.3 Å². The number of benzene rings is 2. The van der Waals surface area contributed by atoms with Crippen LogP contribution in [-0.4, -0.2) is 20.1 Å². The Morgan fingerprint density at radius 1 is 1.09 bits per heavy atom. The highest BCUT2D eigenvalue weighted by Crippen LogP contribution is 2.35. The number of pyridine rings is 1. The molecule has 0 radical (unpaired) electrons. The van der Waals surface area contributed by atoms with Crippen molar-refractivity contribution in [1.82, 2.24) is 4.98 Å². The van der Waals surface area contributed by atoms with E-state index in [2.05, 4.69) is 15.2 Å². The Labute approximate surface area is 129 Å². The van der Waals surface area contributed by atoms with Gasteiger partial charge in [0.1, 0.15) is 11.4 Å². The zero-order valence-corrected chi connectivity index (χ0v) is 11.6. The molecule has 0 aliphatic rings. The molecule has 0 aliphatic heterocycles. The summed E-state index contributed by atoms with van der Waals surface area (Å²) in [5.74, 6) is -0.530. The highest BCUT2D eigenvalue weighted by Gasteiger charge is 2.11. The van der Waals surface area contributed by atoms with E-state index in [-0.39, 0.29) is 28.7 Å². The quantitative estimate of drug-likeness (QED) is 0.430. The highest BCUT2D eigenvalue weighted by atomic mass is 16.6. The minimum atomic E-state index is -0.628. The van der Waals surface area contributed by atoms with Crippen LogP contribution < -0.4 is 0 Å². The molecular formula is C15H10N4O4. The molecule has 0 fully saturated rings. The van der Waals surface area contributed by atoms with Crippen LogP contribution in [0.2, 0.25) is 0 Å². The molecule has 8 nitrogen and oxygen atoms in total. The van der Waals surface area contributed by atoms with E-state index in [0.717, 1.165) is 11.5 Å². The Kier molecular flexibility index (Phi) is 3.55. The lowest BCUT2D eigenvalue weighted by atomic mass is 10.1. The molecule has 0 unspecified atom stereocenters. The lowest BCUT2D eigenvalue weighted by Gasteiger charge is -2.02. The fourth-order valence-corrected chi connectivity index (χ4v) is 2.02. The van der Waals surface area contributed by atoms with Crippen molar-refractivity contribution in [2.24, 2.45) is 10.2 Å². The Hall–Kier alpha value is -3.55. The smallest absolute Gasteiger partial charge is 0.273 e. The molecule has 0 aliphatic carbocycles. The molecule has 2 aromatic carbocycles. The number of phenols is 1. The molecule has 0 bridgehead atoms. The first-order valence-corrected chi connectivity index (χ1v) is 6.52. The van der Waals surface area contributed by atoms with Crippen LogP contribution in [0.1, 0.15) is 0 Å². The van der Waals surface area contributed by atoms with E-state index in [1.165, 1.54) is 12.1 Å². The monoisotopic (exact) mass is 310 g/mol. The standard InChI is InChI=1S/C15H10N4O4/c20-13-7-10(19(22)23)5-6-12(13)17-18-15-14(21)11-4-2-1-3-9(11)8-16-15/h1-8,20-21H. The van der Waals surface area contributed by atoms with Crippen LogP contribution in [0, 0.1) is 10.1 Å². The van der Waals surface area contributed by atoms with Crippen molar-refractivity contribution in [2.75, 3.05) is 0 Å². The summed E-state index contributed by atoms with van der Waals surface area (Å²) in [5.41, 5.74) is -0.224. The van der Waals surface area contributed by atoms with Gasteiger partial charge < -0.3 is 10.2 Å². The van der Waals surface area contributed by atoms with Crippen molar-refractivity contribution in [3.8, 4) is 11.5 Å². The fraction of sp³-hybridized carbons (Fsp3) is 0. The van der Waals surface area contributed by atoms with E-state index in [1.54, 1.807) is 24.4 Å². The molecule has 0 amide bonds. The van der Waals surface area contributed by atoms with Gasteiger partial charge in [0.15, 0.2) is 5.75 Å². The molecular weight excluding hydrogens is 300 g/mol. The average Bonchev–Trinajstić information content (AvgIpc) is 2.55. The van der Waals surface area contributed by atoms with Gasteiger partial charge in [-0.15, -0.1) is 10.2 Å². The number of aromatic hydroxyl groups is 2. The predicted octanol–water partition coefficient (Wildman–Crippen LogP) is 3.97. The van der Waals surface area contributed by atoms with E-state index in [4.69, 9.17) is 0 Å². The van der Waals surface area contributed by atoms with Crippen LogP contribution in [0.5, 0.6) is 11.5 Å². The number of nitro benzene ring substituents is 1. The van der Waals surface area contributed by atoms with Crippen molar-refractivity contribution < 1.29 is 15.1 Å². The zero-order chi connectivity index (χ0) is 16.4. The maximum Gasteiger partial charge on any atom is 0.273 e. The molecule has 0 saturated carbocycles. The van der Waals surface area contributed by atoms with Crippen LogP contribution in [0.4, 0.5) is 17.2 Å². The van der Waals surface area contributed by atoms with Crippen LogP contribution in [0.25, 0.3) is 10.8 Å². The van der Waals surface area contributed by atoms with Gasteiger partial charge in [-0.05, 0) is 6.07 Å². The van der Waals surface area contributed by atoms with Crippen LogP contribution >= 0.6 is 0 Å². The number of azo groups is 1. The Balaban J connectivity index is 1.97. The lowest BCUT2D eigenvalue weighted by molar-refractivity contribution is -0.384. The number of hydrogen-bond donors (Lipinski definition) is 2. The van der Waals surface area contributed by atoms with Gasteiger partial charge in [-0.2, -0.15) is 0 Å². The van der Waals surface area contributed by atoms with Crippen molar-refractivity contribution in [1.29, 1.82) is 0 Å². The summed E-state index contributed by atoms with van der Waals surface area (Å²) in [6.45, 7) is 0. The van der Waals surface area contributed by atoms with Crippen LogP contribution in [-0.2, 0) is 0 Å². The van der Waals surface area contributed by atoms with E-state index >= 15 is 0 Å². The minimum absolute atomic E-state index is 0.0125. The second kappa shape index (κ2) is 5.68. The molecule has 8 heteroatoms. The largest absolute Gasteiger partial charge is 0.505 e. The summed E-state index contributed by atoms with van der Waals surface area (Å²) < 4.78 is 0. The summed E-state index contributed by atoms with van der Waals surface area (Å²) in [6, 6.07) is 10.5. The number of hydrogen-bond acceptors (Lipinski definition) is 7. The summed E-state index contributed by atoms with van der Waals surface area (Å²) in [6.07, 6.45) is 1.54.